The number of hydrogen-bond acceptors (Lipinski definition) is 4. The third-order valence-corrected chi connectivity index (χ3v) is 7.38. The first-order chi connectivity index (χ1) is 14.9. The van der Waals surface area contributed by atoms with Crippen molar-refractivity contribution in [3.63, 3.8) is 0 Å². The van der Waals surface area contributed by atoms with Crippen molar-refractivity contribution in [1.82, 2.24) is 0 Å². The van der Waals surface area contributed by atoms with Crippen LogP contribution >= 0.6 is 11.8 Å². The minimum Gasteiger partial charge on any atom is -0.506 e. The van der Waals surface area contributed by atoms with E-state index in [4.69, 9.17) is 4.42 Å². The quantitative estimate of drug-likeness (QED) is 0.415. The van der Waals surface area contributed by atoms with Crippen LogP contribution in [0, 0.1) is 6.92 Å². The van der Waals surface area contributed by atoms with Crippen LogP contribution in [0.2, 0.25) is 0 Å². The van der Waals surface area contributed by atoms with Gasteiger partial charge in [-0.25, -0.2) is 4.79 Å². The van der Waals surface area contributed by atoms with E-state index in [0.29, 0.717) is 11.7 Å². The van der Waals surface area contributed by atoms with E-state index in [1.165, 1.54) is 17.3 Å². The van der Waals surface area contributed by atoms with Gasteiger partial charge in [-0.1, -0.05) is 68.1 Å². The van der Waals surface area contributed by atoms with E-state index >= 15 is 0 Å². The number of benzene rings is 2. The predicted molar refractivity (Wildman–Crippen MR) is 126 cm³/mol. The van der Waals surface area contributed by atoms with Crippen molar-refractivity contribution in [3.8, 4) is 5.75 Å². The molecule has 4 rings (SSSR count). The van der Waals surface area contributed by atoms with Gasteiger partial charge in [-0.15, -0.1) is 0 Å². The Kier molecular flexibility index (Phi) is 6.29. The van der Waals surface area contributed by atoms with E-state index in [2.05, 4.69) is 56.3 Å². The van der Waals surface area contributed by atoms with Gasteiger partial charge in [0, 0.05) is 16.4 Å². The maximum atomic E-state index is 12.9. The van der Waals surface area contributed by atoms with Gasteiger partial charge in [0.2, 0.25) is 0 Å². The average Bonchev–Trinajstić information content (AvgIpc) is 3.52. The molecule has 1 aliphatic rings. The Morgan fingerprint density at radius 2 is 1.84 bits per heavy atom. The highest BCUT2D eigenvalue weighted by Crippen LogP contribution is 2.52. The molecular weight excluding hydrogens is 404 g/mol. The summed E-state index contributed by atoms with van der Waals surface area (Å²) in [4.78, 5) is 14.1. The van der Waals surface area contributed by atoms with Crippen LogP contribution in [0.5, 0.6) is 5.75 Å². The third-order valence-electron chi connectivity index (χ3n) is 6.23. The highest BCUT2D eigenvalue weighted by molar-refractivity contribution is 7.99. The lowest BCUT2D eigenvalue weighted by Gasteiger charge is -2.16. The summed E-state index contributed by atoms with van der Waals surface area (Å²) >= 11 is 1.31. The molecule has 3 aromatic rings. The maximum Gasteiger partial charge on any atom is 0.353 e. The van der Waals surface area contributed by atoms with E-state index in [-0.39, 0.29) is 16.1 Å². The summed E-state index contributed by atoms with van der Waals surface area (Å²) in [7, 11) is 0. The van der Waals surface area contributed by atoms with Gasteiger partial charge in [-0.3, -0.25) is 0 Å². The normalized spacial score (nSPS) is 14.7. The number of rotatable bonds is 8. The van der Waals surface area contributed by atoms with Crippen molar-refractivity contribution in [2.75, 3.05) is 0 Å². The Hall–Kier alpha value is -2.46. The molecule has 1 aliphatic carbocycles. The summed E-state index contributed by atoms with van der Waals surface area (Å²) in [5.41, 5.74) is 3.08. The molecule has 0 radical (unpaired) electrons. The lowest BCUT2D eigenvalue weighted by molar-refractivity contribution is 0.363. The molecule has 162 valence electrons. The summed E-state index contributed by atoms with van der Waals surface area (Å²) in [6.45, 7) is 6.30. The first-order valence-corrected chi connectivity index (χ1v) is 11.9. The minimum atomic E-state index is -0.439. The molecule has 1 aromatic heterocycles. The van der Waals surface area contributed by atoms with Gasteiger partial charge >= 0.3 is 5.63 Å². The molecule has 0 saturated heterocycles. The van der Waals surface area contributed by atoms with Gasteiger partial charge in [0.15, 0.2) is 0 Å². The molecule has 0 bridgehead atoms. The largest absolute Gasteiger partial charge is 0.506 e. The Morgan fingerprint density at radius 3 is 2.48 bits per heavy atom. The van der Waals surface area contributed by atoms with Gasteiger partial charge < -0.3 is 9.52 Å². The first-order valence-electron chi connectivity index (χ1n) is 11.1. The molecule has 0 spiro atoms. The van der Waals surface area contributed by atoms with Gasteiger partial charge in [-0.2, -0.15) is 0 Å². The van der Waals surface area contributed by atoms with Crippen molar-refractivity contribution >= 4 is 11.8 Å². The summed E-state index contributed by atoms with van der Waals surface area (Å²) < 4.78 is 5.79. The second kappa shape index (κ2) is 8.96. The second-order valence-corrected chi connectivity index (χ2v) is 10.1. The lowest BCUT2D eigenvalue weighted by atomic mass is 9.94. The molecule has 0 atom stereocenters. The predicted octanol–water partition coefficient (Wildman–Crippen LogP) is 6.98. The van der Waals surface area contributed by atoms with Crippen molar-refractivity contribution in [2.45, 2.75) is 74.0 Å². The molecule has 1 heterocycles. The van der Waals surface area contributed by atoms with Gasteiger partial charge in [-0.05, 0) is 67.7 Å². The van der Waals surface area contributed by atoms with E-state index in [1.54, 1.807) is 6.07 Å². The topological polar surface area (TPSA) is 50.4 Å². The summed E-state index contributed by atoms with van der Waals surface area (Å²) in [5.74, 6) is 0.999. The van der Waals surface area contributed by atoms with Crippen molar-refractivity contribution in [3.05, 3.63) is 87.5 Å². The molecule has 3 nitrogen and oxygen atoms in total. The Bertz CT molecular complexity index is 1110. The first kappa shape index (κ1) is 21.8. The summed E-state index contributed by atoms with van der Waals surface area (Å²) in [5, 5.41) is 10.7. The fourth-order valence-corrected chi connectivity index (χ4v) is 5.36. The number of aromatic hydroxyl groups is 1. The summed E-state index contributed by atoms with van der Waals surface area (Å²) in [6, 6.07) is 18.4. The fourth-order valence-electron chi connectivity index (χ4n) is 4.19. The molecule has 1 saturated carbocycles. The number of aryl methyl sites for hydroxylation is 2. The molecule has 0 unspecified atom stereocenters. The Labute approximate surface area is 188 Å². The van der Waals surface area contributed by atoms with Crippen LogP contribution in [0.25, 0.3) is 0 Å². The molecule has 1 N–H and O–H groups in total. The zero-order valence-electron chi connectivity index (χ0n) is 18.5. The maximum absolute atomic E-state index is 12.9. The molecule has 4 heteroatoms. The minimum absolute atomic E-state index is 0.0294. The standard InChI is InChI=1S/C27H30O3S/c1-18(2)21-12-11-19(3)16-23(21)31-25-22(28)17-24(30-26(25)29)27(14-15-27)13-7-10-20-8-5-4-6-9-20/h4-6,8-9,11-12,16-18,28H,7,10,13-15H2,1-3H3. The van der Waals surface area contributed by atoms with Crippen molar-refractivity contribution < 1.29 is 9.52 Å². The van der Waals surface area contributed by atoms with Gasteiger partial charge in [0.1, 0.15) is 16.4 Å². The summed E-state index contributed by atoms with van der Waals surface area (Å²) in [6.07, 6.45) is 5.02. The zero-order chi connectivity index (χ0) is 22.0. The monoisotopic (exact) mass is 434 g/mol. The Morgan fingerprint density at radius 1 is 1.10 bits per heavy atom. The second-order valence-electron chi connectivity index (χ2n) is 9.03. The SMILES string of the molecule is Cc1ccc(C(C)C)c(Sc2c(O)cc(C3(CCCc4ccccc4)CC3)oc2=O)c1. The van der Waals surface area contributed by atoms with Crippen molar-refractivity contribution in [2.24, 2.45) is 0 Å². The van der Waals surface area contributed by atoms with Crippen LogP contribution < -0.4 is 5.63 Å². The van der Waals surface area contributed by atoms with Gasteiger partial charge in [0.05, 0.1) is 0 Å². The molecule has 2 aromatic carbocycles. The zero-order valence-corrected chi connectivity index (χ0v) is 19.3. The third kappa shape index (κ3) is 4.90. The highest BCUT2D eigenvalue weighted by atomic mass is 32.2. The van der Waals surface area contributed by atoms with E-state index < -0.39 is 5.63 Å². The number of hydrogen-bond donors (Lipinski definition) is 1. The molecule has 31 heavy (non-hydrogen) atoms. The van der Waals surface area contributed by atoms with E-state index in [0.717, 1.165) is 48.1 Å². The van der Waals surface area contributed by atoms with Crippen molar-refractivity contribution in [1.29, 1.82) is 0 Å². The average molecular weight is 435 g/mol. The molecular formula is C27H30O3S. The van der Waals surface area contributed by atoms with Crippen LogP contribution in [-0.2, 0) is 11.8 Å². The van der Waals surface area contributed by atoms with Crippen LogP contribution in [0.15, 0.2) is 73.6 Å². The van der Waals surface area contributed by atoms with Crippen LogP contribution in [0.3, 0.4) is 0 Å². The Balaban J connectivity index is 1.53. The fraction of sp³-hybridized carbons (Fsp3) is 0.370. The lowest BCUT2D eigenvalue weighted by Crippen LogP contribution is -2.13. The highest BCUT2D eigenvalue weighted by Gasteiger charge is 2.46. The van der Waals surface area contributed by atoms with Crippen LogP contribution in [0.1, 0.15) is 67.9 Å². The van der Waals surface area contributed by atoms with E-state index in [9.17, 15) is 9.90 Å². The molecule has 0 amide bonds. The van der Waals surface area contributed by atoms with E-state index in [1.807, 2.05) is 13.0 Å². The molecule has 0 aliphatic heterocycles. The smallest absolute Gasteiger partial charge is 0.353 e. The van der Waals surface area contributed by atoms with Crippen LogP contribution in [0.4, 0.5) is 0 Å². The van der Waals surface area contributed by atoms with Crippen LogP contribution in [-0.4, -0.2) is 5.11 Å². The van der Waals surface area contributed by atoms with Gasteiger partial charge in [0.25, 0.3) is 0 Å². The molecule has 1 fully saturated rings.